The minimum Gasteiger partial charge on any atom is -0.341 e. The number of urea groups is 1. The quantitative estimate of drug-likeness (QED) is 0.506. The summed E-state index contributed by atoms with van der Waals surface area (Å²) in [7, 11) is 1.64. The molecule has 1 spiro atoms. The maximum Gasteiger partial charge on any atom is 0.327 e. The monoisotopic (exact) mass is 534 g/mol. The van der Waals surface area contributed by atoms with Crippen molar-refractivity contribution in [2.75, 3.05) is 26.7 Å². The molecule has 1 aliphatic carbocycles. The molecule has 5 aliphatic rings. The SMILES string of the molecule is CC(C)N1C(=O)N(C)C(=O)C12CC1CCC(C2)N1C[C@H]1CN(C(=O)C2(C)CCCCC2)C[C@@H]1c1ccccc1. The van der Waals surface area contributed by atoms with Crippen LogP contribution < -0.4 is 0 Å². The van der Waals surface area contributed by atoms with Crippen molar-refractivity contribution < 1.29 is 14.4 Å². The van der Waals surface area contributed by atoms with Gasteiger partial charge in [-0.05, 0) is 63.9 Å². The first-order valence-electron chi connectivity index (χ1n) is 15.4. The van der Waals surface area contributed by atoms with E-state index in [1.807, 2.05) is 18.7 Å². The molecule has 4 saturated heterocycles. The van der Waals surface area contributed by atoms with E-state index in [2.05, 4.69) is 47.1 Å². The number of nitrogens with zero attached hydrogens (tertiary/aromatic N) is 4. The molecule has 7 heteroatoms. The van der Waals surface area contributed by atoms with Crippen LogP contribution in [0.25, 0.3) is 0 Å². The number of hydrogen-bond acceptors (Lipinski definition) is 4. The second-order valence-electron chi connectivity index (χ2n) is 13.7. The van der Waals surface area contributed by atoms with E-state index in [1.54, 1.807) is 7.05 Å². The average Bonchev–Trinajstić information content (AvgIpc) is 3.50. The summed E-state index contributed by atoms with van der Waals surface area (Å²) in [6.07, 6.45) is 9.17. The van der Waals surface area contributed by atoms with E-state index in [0.717, 1.165) is 71.0 Å². The van der Waals surface area contributed by atoms with Crippen LogP contribution in [-0.4, -0.2) is 87.8 Å². The van der Waals surface area contributed by atoms with Gasteiger partial charge in [0.05, 0.1) is 0 Å². The predicted octanol–water partition coefficient (Wildman–Crippen LogP) is 4.87. The van der Waals surface area contributed by atoms with E-state index < -0.39 is 5.54 Å². The normalized spacial score (nSPS) is 34.6. The van der Waals surface area contributed by atoms with Crippen molar-refractivity contribution in [1.82, 2.24) is 19.6 Å². The fourth-order valence-corrected chi connectivity index (χ4v) is 9.05. The van der Waals surface area contributed by atoms with Crippen molar-refractivity contribution in [1.29, 1.82) is 0 Å². The van der Waals surface area contributed by atoms with Crippen molar-refractivity contribution in [3.05, 3.63) is 35.9 Å². The minimum atomic E-state index is -0.700. The lowest BCUT2D eigenvalue weighted by Crippen LogP contribution is -2.62. The van der Waals surface area contributed by atoms with Crippen molar-refractivity contribution in [2.45, 2.75) is 108 Å². The van der Waals surface area contributed by atoms with Gasteiger partial charge in [-0.3, -0.25) is 19.4 Å². The Labute approximate surface area is 233 Å². The third-order valence-corrected chi connectivity index (χ3v) is 11.0. The number of likely N-dealkylation sites (tertiary alicyclic amines) is 1. The number of amides is 4. The highest BCUT2D eigenvalue weighted by Crippen LogP contribution is 2.49. The van der Waals surface area contributed by atoms with E-state index in [9.17, 15) is 14.4 Å². The molecule has 4 aliphatic heterocycles. The van der Waals surface area contributed by atoms with Gasteiger partial charge in [0, 0.05) is 56.1 Å². The molecular formula is C32H46N4O3. The molecule has 39 heavy (non-hydrogen) atoms. The fraction of sp³-hybridized carbons (Fsp3) is 0.719. The van der Waals surface area contributed by atoms with Crippen LogP contribution in [0.15, 0.2) is 30.3 Å². The predicted molar refractivity (Wildman–Crippen MR) is 151 cm³/mol. The summed E-state index contributed by atoms with van der Waals surface area (Å²) in [4.78, 5) is 48.5. The number of fused-ring (bicyclic) bond motifs is 2. The molecule has 2 bridgehead atoms. The third kappa shape index (κ3) is 4.30. The summed E-state index contributed by atoms with van der Waals surface area (Å²) in [6.45, 7) is 8.82. The maximum absolute atomic E-state index is 13.9. The lowest BCUT2D eigenvalue weighted by Gasteiger charge is -2.48. The first-order chi connectivity index (χ1) is 18.6. The van der Waals surface area contributed by atoms with Gasteiger partial charge in [0.2, 0.25) is 5.91 Å². The van der Waals surface area contributed by atoms with Crippen LogP contribution in [0.4, 0.5) is 4.79 Å². The second kappa shape index (κ2) is 9.90. The van der Waals surface area contributed by atoms with Crippen molar-refractivity contribution in [3.8, 4) is 0 Å². The zero-order valence-corrected chi connectivity index (χ0v) is 24.3. The fourth-order valence-electron chi connectivity index (χ4n) is 9.05. The lowest BCUT2D eigenvalue weighted by atomic mass is 9.74. The number of hydrogen-bond donors (Lipinski definition) is 0. The van der Waals surface area contributed by atoms with E-state index in [0.29, 0.717) is 29.8 Å². The van der Waals surface area contributed by atoms with Gasteiger partial charge in [0.25, 0.3) is 5.91 Å². The number of likely N-dealkylation sites (N-methyl/N-ethyl adjacent to an activating group) is 1. The Balaban J connectivity index is 1.23. The van der Waals surface area contributed by atoms with E-state index in [4.69, 9.17) is 0 Å². The van der Waals surface area contributed by atoms with Crippen LogP contribution >= 0.6 is 0 Å². The molecule has 4 atom stereocenters. The zero-order valence-electron chi connectivity index (χ0n) is 24.3. The Morgan fingerprint density at radius 1 is 0.974 bits per heavy atom. The lowest BCUT2D eigenvalue weighted by molar-refractivity contribution is -0.142. The minimum absolute atomic E-state index is 0.00429. The number of piperidine rings is 1. The summed E-state index contributed by atoms with van der Waals surface area (Å²) in [5, 5.41) is 0. The van der Waals surface area contributed by atoms with Crippen molar-refractivity contribution in [2.24, 2.45) is 11.3 Å². The smallest absolute Gasteiger partial charge is 0.327 e. The van der Waals surface area contributed by atoms with Crippen molar-refractivity contribution >= 4 is 17.8 Å². The molecular weight excluding hydrogens is 488 g/mol. The van der Waals surface area contributed by atoms with Gasteiger partial charge < -0.3 is 9.80 Å². The van der Waals surface area contributed by atoms with Crippen LogP contribution in [0.1, 0.15) is 90.0 Å². The van der Waals surface area contributed by atoms with Crippen LogP contribution in [0.3, 0.4) is 0 Å². The van der Waals surface area contributed by atoms with Gasteiger partial charge in [-0.1, -0.05) is 56.5 Å². The van der Waals surface area contributed by atoms with Crippen LogP contribution in [0, 0.1) is 11.3 Å². The van der Waals surface area contributed by atoms with E-state index >= 15 is 0 Å². The summed E-state index contributed by atoms with van der Waals surface area (Å²) < 4.78 is 0. The molecule has 4 heterocycles. The Morgan fingerprint density at radius 3 is 2.23 bits per heavy atom. The molecule has 6 rings (SSSR count). The van der Waals surface area contributed by atoms with Gasteiger partial charge in [0.15, 0.2) is 0 Å². The molecule has 2 unspecified atom stereocenters. The number of carbonyl (C=O) groups is 3. The van der Waals surface area contributed by atoms with Gasteiger partial charge in [-0.25, -0.2) is 4.79 Å². The van der Waals surface area contributed by atoms with Gasteiger partial charge in [-0.15, -0.1) is 0 Å². The molecule has 1 saturated carbocycles. The number of rotatable bonds is 5. The standard InChI is InChI=1S/C32H46N4O3/c1-22(2)36-30(39)33(4)29(38)32(36)17-25-13-14-26(18-32)35(25)20-24-19-34(21-27(24)23-11-7-5-8-12-23)28(37)31(3)15-9-6-10-16-31/h5,7-8,11-12,22,24-27H,6,9-10,13-21H2,1-4H3/t24-,25?,26?,27-,32?/m1/s1. The Morgan fingerprint density at radius 2 is 1.62 bits per heavy atom. The zero-order chi connectivity index (χ0) is 27.5. The maximum atomic E-state index is 13.9. The highest BCUT2D eigenvalue weighted by Gasteiger charge is 2.63. The van der Waals surface area contributed by atoms with Gasteiger partial charge in [-0.2, -0.15) is 0 Å². The summed E-state index contributed by atoms with van der Waals surface area (Å²) in [6, 6.07) is 11.2. The Kier molecular flexibility index (Phi) is 6.80. The number of carbonyl (C=O) groups excluding carboxylic acids is 3. The summed E-state index contributed by atoms with van der Waals surface area (Å²) >= 11 is 0. The first-order valence-corrected chi connectivity index (χ1v) is 15.4. The molecule has 0 radical (unpaired) electrons. The summed E-state index contributed by atoms with van der Waals surface area (Å²) in [5.41, 5.74) is 0.415. The van der Waals surface area contributed by atoms with Crippen LogP contribution in [0.5, 0.6) is 0 Å². The second-order valence-corrected chi connectivity index (χ2v) is 13.7. The highest BCUT2D eigenvalue weighted by molar-refractivity contribution is 6.07. The molecule has 4 amide bonds. The van der Waals surface area contributed by atoms with Gasteiger partial charge >= 0.3 is 6.03 Å². The highest BCUT2D eigenvalue weighted by atomic mass is 16.2. The average molecular weight is 535 g/mol. The molecule has 212 valence electrons. The molecule has 0 N–H and O–H groups in total. The first kappa shape index (κ1) is 26.8. The van der Waals surface area contributed by atoms with Crippen LogP contribution in [-0.2, 0) is 9.59 Å². The molecule has 1 aromatic carbocycles. The Bertz CT molecular complexity index is 1100. The Hall–Kier alpha value is -2.41. The van der Waals surface area contributed by atoms with Gasteiger partial charge in [0.1, 0.15) is 5.54 Å². The third-order valence-electron chi connectivity index (χ3n) is 11.0. The van der Waals surface area contributed by atoms with Crippen molar-refractivity contribution in [3.63, 3.8) is 0 Å². The van der Waals surface area contributed by atoms with E-state index in [-0.39, 0.29) is 23.4 Å². The number of benzene rings is 1. The molecule has 5 fully saturated rings. The molecule has 1 aromatic rings. The van der Waals surface area contributed by atoms with Crippen LogP contribution in [0.2, 0.25) is 0 Å². The summed E-state index contributed by atoms with van der Waals surface area (Å²) in [5.74, 6) is 1.03. The topological polar surface area (TPSA) is 64.2 Å². The van der Waals surface area contributed by atoms with E-state index in [1.165, 1.54) is 16.9 Å². The largest absolute Gasteiger partial charge is 0.341 e. The number of imide groups is 1. The molecule has 0 aromatic heterocycles. The molecule has 7 nitrogen and oxygen atoms in total.